The molecule has 1 rings (SSSR count). The van der Waals surface area contributed by atoms with Crippen LogP contribution in [-0.4, -0.2) is 41.4 Å². The summed E-state index contributed by atoms with van der Waals surface area (Å²) in [6.07, 6.45) is 1.01. The van der Waals surface area contributed by atoms with E-state index in [9.17, 15) is 9.59 Å². The molecular weight excluding hydrogens is 224 g/mol. The summed E-state index contributed by atoms with van der Waals surface area (Å²) in [7, 11) is 0. The number of carboxylic acids is 1. The van der Waals surface area contributed by atoms with Crippen LogP contribution in [-0.2, 0) is 9.53 Å². The maximum Gasteiger partial charge on any atom is 0.326 e. The highest BCUT2D eigenvalue weighted by Crippen LogP contribution is 2.24. The number of ether oxygens (including phenoxy) is 1. The van der Waals surface area contributed by atoms with Gasteiger partial charge < -0.3 is 20.5 Å². The van der Waals surface area contributed by atoms with Crippen molar-refractivity contribution in [2.45, 2.75) is 51.3 Å². The third kappa shape index (κ3) is 3.33. The smallest absolute Gasteiger partial charge is 0.326 e. The summed E-state index contributed by atoms with van der Waals surface area (Å²) < 4.78 is 5.39. The lowest BCUT2D eigenvalue weighted by molar-refractivity contribution is -0.139. The minimum absolute atomic E-state index is 0.0712. The van der Waals surface area contributed by atoms with Crippen molar-refractivity contribution in [3.05, 3.63) is 0 Å². The van der Waals surface area contributed by atoms with Crippen LogP contribution in [0.2, 0.25) is 0 Å². The van der Waals surface area contributed by atoms with E-state index in [2.05, 4.69) is 10.6 Å². The molecule has 6 nitrogen and oxygen atoms in total. The van der Waals surface area contributed by atoms with Crippen molar-refractivity contribution < 1.29 is 19.4 Å². The Labute approximate surface area is 101 Å². The molecule has 0 aromatic rings. The van der Waals surface area contributed by atoms with Gasteiger partial charge in [-0.1, -0.05) is 6.92 Å². The highest BCUT2D eigenvalue weighted by atomic mass is 16.5. The zero-order valence-electron chi connectivity index (χ0n) is 10.4. The van der Waals surface area contributed by atoms with Crippen molar-refractivity contribution in [1.29, 1.82) is 0 Å². The molecule has 6 heteroatoms. The Morgan fingerprint density at radius 1 is 1.59 bits per heavy atom. The van der Waals surface area contributed by atoms with Crippen LogP contribution in [0, 0.1) is 0 Å². The lowest BCUT2D eigenvalue weighted by Gasteiger charge is -2.29. The van der Waals surface area contributed by atoms with Gasteiger partial charge >= 0.3 is 12.0 Å². The van der Waals surface area contributed by atoms with Gasteiger partial charge in [0, 0.05) is 6.61 Å². The maximum atomic E-state index is 11.7. The Kier molecular flexibility index (Phi) is 4.34. The first-order valence-electron chi connectivity index (χ1n) is 5.82. The molecule has 1 heterocycles. The number of aliphatic carboxylic acids is 1. The van der Waals surface area contributed by atoms with Gasteiger partial charge in [-0.3, -0.25) is 0 Å². The zero-order chi connectivity index (χ0) is 13.1. The van der Waals surface area contributed by atoms with Gasteiger partial charge in [0.15, 0.2) is 0 Å². The standard InChI is InChI=1S/C11H20N2O4/c1-4-8(9(14)15)12-10(16)13-11(3)5-6-17-7(11)2/h7-8H,4-6H2,1-3H3,(H,14,15)(H2,12,13,16). The number of carbonyl (C=O) groups excluding carboxylic acids is 1. The third-order valence-corrected chi connectivity index (χ3v) is 3.30. The molecule has 1 fully saturated rings. The molecule has 0 aliphatic carbocycles. The van der Waals surface area contributed by atoms with Gasteiger partial charge in [0.1, 0.15) is 6.04 Å². The molecule has 1 aliphatic heterocycles. The summed E-state index contributed by atoms with van der Waals surface area (Å²) in [6.45, 7) is 6.10. The number of carboxylic acid groups (broad SMARTS) is 1. The summed E-state index contributed by atoms with van der Waals surface area (Å²) >= 11 is 0. The number of hydrogen-bond acceptors (Lipinski definition) is 3. The zero-order valence-corrected chi connectivity index (χ0v) is 10.4. The molecule has 1 aliphatic rings. The molecule has 3 N–H and O–H groups in total. The molecule has 2 amide bonds. The van der Waals surface area contributed by atoms with Crippen molar-refractivity contribution in [3.63, 3.8) is 0 Å². The largest absolute Gasteiger partial charge is 0.480 e. The first kappa shape index (κ1) is 13.8. The predicted molar refractivity (Wildman–Crippen MR) is 61.8 cm³/mol. The van der Waals surface area contributed by atoms with E-state index in [1.54, 1.807) is 6.92 Å². The van der Waals surface area contributed by atoms with Crippen molar-refractivity contribution >= 4 is 12.0 Å². The van der Waals surface area contributed by atoms with E-state index in [1.165, 1.54) is 0 Å². The SMILES string of the molecule is CCC(NC(=O)NC1(C)CCOC1C)C(=O)O. The summed E-state index contributed by atoms with van der Waals surface area (Å²) in [5.41, 5.74) is -0.430. The highest BCUT2D eigenvalue weighted by Gasteiger charge is 2.38. The monoisotopic (exact) mass is 244 g/mol. The third-order valence-electron chi connectivity index (χ3n) is 3.30. The van der Waals surface area contributed by atoms with Crippen molar-refractivity contribution in [3.8, 4) is 0 Å². The van der Waals surface area contributed by atoms with Crippen LogP contribution in [0.4, 0.5) is 4.79 Å². The first-order valence-corrected chi connectivity index (χ1v) is 5.82. The molecule has 0 saturated carbocycles. The van der Waals surface area contributed by atoms with Gasteiger partial charge in [-0.15, -0.1) is 0 Å². The van der Waals surface area contributed by atoms with E-state index < -0.39 is 23.6 Å². The predicted octanol–water partition coefficient (Wildman–Crippen LogP) is 0.716. The summed E-state index contributed by atoms with van der Waals surface area (Å²) in [5, 5.41) is 14.1. The highest BCUT2D eigenvalue weighted by molar-refractivity contribution is 5.82. The van der Waals surface area contributed by atoms with E-state index >= 15 is 0 Å². The first-order chi connectivity index (χ1) is 7.89. The minimum Gasteiger partial charge on any atom is -0.480 e. The Bertz CT molecular complexity index is 308. The van der Waals surface area contributed by atoms with Crippen LogP contribution in [0.25, 0.3) is 0 Å². The number of nitrogens with one attached hydrogen (secondary N) is 2. The molecule has 0 aromatic heterocycles. The molecule has 0 radical (unpaired) electrons. The molecule has 1 saturated heterocycles. The lowest BCUT2D eigenvalue weighted by atomic mass is 9.95. The van der Waals surface area contributed by atoms with Crippen LogP contribution in [0.1, 0.15) is 33.6 Å². The van der Waals surface area contributed by atoms with Crippen LogP contribution >= 0.6 is 0 Å². The fraction of sp³-hybridized carbons (Fsp3) is 0.818. The fourth-order valence-corrected chi connectivity index (χ4v) is 1.79. The average molecular weight is 244 g/mol. The van der Waals surface area contributed by atoms with Crippen LogP contribution < -0.4 is 10.6 Å². The van der Waals surface area contributed by atoms with Crippen molar-refractivity contribution in [2.24, 2.45) is 0 Å². The quantitative estimate of drug-likeness (QED) is 0.680. The second kappa shape index (κ2) is 5.35. The minimum atomic E-state index is -1.02. The molecule has 3 atom stereocenters. The summed E-state index contributed by atoms with van der Waals surface area (Å²) in [5.74, 6) is -1.02. The number of urea groups is 1. The molecule has 0 bridgehead atoms. The van der Waals surface area contributed by atoms with Gasteiger partial charge in [-0.2, -0.15) is 0 Å². The van der Waals surface area contributed by atoms with E-state index in [1.807, 2.05) is 13.8 Å². The molecule has 98 valence electrons. The van der Waals surface area contributed by atoms with Crippen LogP contribution in [0.5, 0.6) is 0 Å². The molecule has 3 unspecified atom stereocenters. The lowest BCUT2D eigenvalue weighted by Crippen LogP contribution is -2.56. The average Bonchev–Trinajstić information content (AvgIpc) is 2.55. The van der Waals surface area contributed by atoms with Gasteiger partial charge in [0.05, 0.1) is 11.6 Å². The van der Waals surface area contributed by atoms with E-state index in [0.29, 0.717) is 13.0 Å². The number of amides is 2. The van der Waals surface area contributed by atoms with Gasteiger partial charge in [-0.25, -0.2) is 9.59 Å². The summed E-state index contributed by atoms with van der Waals surface area (Å²) in [4.78, 5) is 22.5. The molecule has 0 spiro atoms. The Balaban J connectivity index is 2.52. The van der Waals surface area contributed by atoms with E-state index in [0.717, 1.165) is 6.42 Å². The fourth-order valence-electron chi connectivity index (χ4n) is 1.79. The Morgan fingerprint density at radius 3 is 2.65 bits per heavy atom. The molecule has 17 heavy (non-hydrogen) atoms. The van der Waals surface area contributed by atoms with Crippen molar-refractivity contribution in [1.82, 2.24) is 10.6 Å². The molecule has 0 aromatic carbocycles. The van der Waals surface area contributed by atoms with Gasteiger partial charge in [0.2, 0.25) is 0 Å². The maximum absolute atomic E-state index is 11.7. The van der Waals surface area contributed by atoms with Gasteiger partial charge in [-0.05, 0) is 26.7 Å². The summed E-state index contributed by atoms with van der Waals surface area (Å²) in [6, 6.07) is -1.31. The van der Waals surface area contributed by atoms with E-state index in [4.69, 9.17) is 9.84 Å². The topological polar surface area (TPSA) is 87.7 Å². The van der Waals surface area contributed by atoms with Gasteiger partial charge in [0.25, 0.3) is 0 Å². The number of hydrogen-bond donors (Lipinski definition) is 3. The Morgan fingerprint density at radius 2 is 2.24 bits per heavy atom. The molecular formula is C11H20N2O4. The van der Waals surface area contributed by atoms with Crippen LogP contribution in [0.3, 0.4) is 0 Å². The number of carbonyl (C=O) groups is 2. The van der Waals surface area contributed by atoms with E-state index in [-0.39, 0.29) is 6.10 Å². The van der Waals surface area contributed by atoms with Crippen molar-refractivity contribution in [2.75, 3.05) is 6.61 Å². The Hall–Kier alpha value is -1.30. The number of rotatable bonds is 4. The second-order valence-corrected chi connectivity index (χ2v) is 4.58. The van der Waals surface area contributed by atoms with Crippen LogP contribution in [0.15, 0.2) is 0 Å². The normalized spacial score (nSPS) is 29.7. The second-order valence-electron chi connectivity index (χ2n) is 4.58.